The Kier molecular flexibility index (Phi) is 6.40. The van der Waals surface area contributed by atoms with E-state index in [4.69, 9.17) is 0 Å². The van der Waals surface area contributed by atoms with Crippen LogP contribution in [0, 0.1) is 0 Å². The molecule has 0 aliphatic heterocycles. The van der Waals surface area contributed by atoms with Crippen molar-refractivity contribution >= 4 is 147 Å². The van der Waals surface area contributed by atoms with Crippen LogP contribution in [-0.2, 0) is 0 Å². The van der Waals surface area contributed by atoms with Gasteiger partial charge in [-0.2, -0.15) is 0 Å². The molecule has 8 aromatic rings. The smallest absolute Gasteiger partial charge is 0.101 e. The Balaban J connectivity index is 1.63. The Hall–Kier alpha value is -4.49. The largest absolute Gasteiger partial charge is 0.139 e. The van der Waals surface area contributed by atoms with Crippen molar-refractivity contribution in [3.05, 3.63) is 103 Å². The molecule has 0 saturated carbocycles. The van der Waals surface area contributed by atoms with Gasteiger partial charge in [0.25, 0.3) is 0 Å². The Morgan fingerprint density at radius 1 is 0.289 bits per heavy atom. The van der Waals surface area contributed by atoms with Gasteiger partial charge in [-0.1, -0.05) is 119 Å². The third kappa shape index (κ3) is 3.89. The van der Waals surface area contributed by atoms with Crippen molar-refractivity contribution in [2.24, 2.45) is 0 Å². The van der Waals surface area contributed by atoms with E-state index in [1.54, 1.807) is 0 Å². The second-order valence-corrected chi connectivity index (χ2v) is 13.0. The number of hydrogen-bond donors (Lipinski definition) is 0. The average Bonchev–Trinajstić information content (AvgIpc) is 3.07. The van der Waals surface area contributed by atoms with Crippen LogP contribution in [0.1, 0.15) is 0 Å². The highest BCUT2D eigenvalue weighted by molar-refractivity contribution is 6.72. The fourth-order valence-corrected chi connectivity index (χ4v) is 8.20. The third-order valence-electron chi connectivity index (χ3n) is 11.0. The molecule has 0 atom stereocenters. The molecule has 0 nitrogen and oxygen atoms in total. The van der Waals surface area contributed by atoms with Gasteiger partial charge in [0.05, 0.1) is 0 Å². The minimum absolute atomic E-state index is 1.27. The van der Waals surface area contributed by atoms with Crippen molar-refractivity contribution < 1.29 is 0 Å². The van der Waals surface area contributed by atoms with Gasteiger partial charge in [-0.25, -0.2) is 0 Å². The maximum absolute atomic E-state index is 2.42. The zero-order valence-electron chi connectivity index (χ0n) is 27.3. The van der Waals surface area contributed by atoms with Crippen molar-refractivity contribution in [3.8, 4) is 22.3 Å². The van der Waals surface area contributed by atoms with E-state index in [9.17, 15) is 0 Å². The van der Waals surface area contributed by atoms with E-state index in [1.165, 1.54) is 114 Å². The highest BCUT2D eigenvalue weighted by atomic mass is 14.2. The van der Waals surface area contributed by atoms with Gasteiger partial charge in [0.1, 0.15) is 54.9 Å². The lowest BCUT2D eigenvalue weighted by atomic mass is 9.58. The molecule has 0 spiro atoms. The first-order chi connectivity index (χ1) is 21.8. The van der Waals surface area contributed by atoms with Gasteiger partial charge >= 0.3 is 0 Å². The fourth-order valence-electron chi connectivity index (χ4n) is 8.20. The minimum Gasteiger partial charge on any atom is -0.101 e. The summed E-state index contributed by atoms with van der Waals surface area (Å²) in [6.45, 7) is 0. The molecule has 0 aromatic heterocycles. The second kappa shape index (κ2) is 10.3. The van der Waals surface area contributed by atoms with E-state index >= 15 is 0 Å². The molecule has 0 N–H and O–H groups in total. The van der Waals surface area contributed by atoms with E-state index < -0.39 is 0 Å². The zero-order chi connectivity index (χ0) is 31.1. The maximum Gasteiger partial charge on any atom is 0.139 e. The van der Waals surface area contributed by atoms with Gasteiger partial charge < -0.3 is 0 Å². The Morgan fingerprint density at radius 2 is 0.689 bits per heavy atom. The molecule has 0 bridgehead atoms. The van der Waals surface area contributed by atoms with E-state index in [1.807, 2.05) is 0 Å². The van der Waals surface area contributed by atoms with Crippen LogP contribution in [0.4, 0.5) is 0 Å². The summed E-state index contributed by atoms with van der Waals surface area (Å²) in [6, 6.07) is 38.4. The van der Waals surface area contributed by atoms with Crippen molar-refractivity contribution in [1.29, 1.82) is 0 Å². The third-order valence-corrected chi connectivity index (χ3v) is 11.0. The number of benzene rings is 8. The summed E-state index contributed by atoms with van der Waals surface area (Å²) in [4.78, 5) is 0. The molecule has 8 aromatic carbocycles. The van der Waals surface area contributed by atoms with Crippen molar-refractivity contribution in [3.63, 3.8) is 0 Å². The minimum atomic E-state index is 1.27. The first kappa shape index (κ1) is 28.0. The number of rotatable bonds is 2. The topological polar surface area (TPSA) is 0 Å². The van der Waals surface area contributed by atoms with Gasteiger partial charge in [0.15, 0.2) is 0 Å². The summed E-state index contributed by atoms with van der Waals surface area (Å²) >= 11 is 0. The van der Waals surface area contributed by atoms with E-state index in [0.717, 1.165) is 0 Å². The molecule has 204 valence electrons. The SMILES string of the molecule is Bc1c(B)c(B)c2c(-c3c4ccccc4c(-c4cc5ccccc5c5ccccc45)c4ccccc34)c(B)c(B)c(B)c2c1B. The van der Waals surface area contributed by atoms with Crippen LogP contribution in [0.15, 0.2) is 103 Å². The summed E-state index contributed by atoms with van der Waals surface area (Å²) in [5.41, 5.74) is 15.1. The Morgan fingerprint density at radius 3 is 1.24 bits per heavy atom. The summed E-state index contributed by atoms with van der Waals surface area (Å²) < 4.78 is 0. The molecule has 0 fully saturated rings. The van der Waals surface area contributed by atoms with Crippen LogP contribution in [0.25, 0.3) is 76.1 Å². The highest BCUT2D eigenvalue weighted by Crippen LogP contribution is 2.46. The van der Waals surface area contributed by atoms with Crippen molar-refractivity contribution in [2.75, 3.05) is 0 Å². The van der Waals surface area contributed by atoms with Gasteiger partial charge in [0, 0.05) is 0 Å². The summed E-state index contributed by atoms with van der Waals surface area (Å²) in [6.07, 6.45) is 0. The Bertz CT molecular complexity index is 2500. The predicted octanol–water partition coefficient (Wildman–Crippen LogP) is -1.40. The maximum atomic E-state index is 2.42. The van der Waals surface area contributed by atoms with Crippen molar-refractivity contribution in [2.45, 2.75) is 0 Å². The van der Waals surface area contributed by atoms with Crippen LogP contribution < -0.4 is 38.2 Å². The molecule has 0 radical (unpaired) electrons. The molecular formula is C38H31B7. The zero-order valence-corrected chi connectivity index (χ0v) is 27.3. The molecule has 0 saturated heterocycles. The summed E-state index contributed by atoms with van der Waals surface area (Å²) in [5, 5.41) is 13.2. The van der Waals surface area contributed by atoms with Crippen LogP contribution in [0.3, 0.4) is 0 Å². The molecule has 7 heteroatoms. The van der Waals surface area contributed by atoms with Gasteiger partial charge in [-0.05, 0) is 82.2 Å². The molecule has 0 amide bonds. The lowest BCUT2D eigenvalue weighted by molar-refractivity contribution is 1.71. The van der Waals surface area contributed by atoms with Crippen LogP contribution in [0.5, 0.6) is 0 Å². The van der Waals surface area contributed by atoms with Gasteiger partial charge in [-0.15, -0.1) is 16.4 Å². The summed E-state index contributed by atoms with van der Waals surface area (Å²) in [7, 11) is 16.2. The van der Waals surface area contributed by atoms with Crippen molar-refractivity contribution in [1.82, 2.24) is 0 Å². The van der Waals surface area contributed by atoms with Crippen LogP contribution in [-0.4, -0.2) is 54.9 Å². The predicted molar refractivity (Wildman–Crippen MR) is 222 cm³/mol. The van der Waals surface area contributed by atoms with Crippen LogP contribution in [0.2, 0.25) is 0 Å². The number of hydrogen-bond acceptors (Lipinski definition) is 0. The summed E-state index contributed by atoms with van der Waals surface area (Å²) in [5.74, 6) is 0. The first-order valence-corrected chi connectivity index (χ1v) is 16.1. The molecule has 0 heterocycles. The molecule has 8 rings (SSSR count). The van der Waals surface area contributed by atoms with E-state index in [-0.39, 0.29) is 0 Å². The van der Waals surface area contributed by atoms with Gasteiger partial charge in [-0.3, -0.25) is 0 Å². The molecular weight excluding hydrogens is 532 g/mol. The monoisotopic (exact) mass is 564 g/mol. The number of fused-ring (bicyclic) bond motifs is 6. The van der Waals surface area contributed by atoms with E-state index in [0.29, 0.717) is 0 Å². The van der Waals surface area contributed by atoms with E-state index in [2.05, 4.69) is 158 Å². The second-order valence-electron chi connectivity index (χ2n) is 13.0. The molecule has 0 aliphatic rings. The quantitative estimate of drug-likeness (QED) is 0.138. The van der Waals surface area contributed by atoms with Crippen LogP contribution >= 0.6 is 0 Å². The fraction of sp³-hybridized carbons (Fsp3) is 0. The molecule has 0 aliphatic carbocycles. The standard InChI is InChI=1S/C38H31B7/c39-32-29(30-31(34(41)36(32)43)35(42)38(45)37(44)33(30)40)28-24-15-7-5-13-22(24)27(23-14-6-8-16-25(23)28)26-17-18-9-1-2-10-19(18)20-11-3-4-12-21(20)26/h1-17H,39-45H2. The Labute approximate surface area is 271 Å². The highest BCUT2D eigenvalue weighted by Gasteiger charge is 2.24. The molecule has 0 unspecified atom stereocenters. The van der Waals surface area contributed by atoms with Gasteiger partial charge in [0.2, 0.25) is 0 Å². The average molecular weight is 563 g/mol. The normalized spacial score (nSPS) is 11.7. The lowest BCUT2D eigenvalue weighted by Gasteiger charge is -2.27. The first-order valence-electron chi connectivity index (χ1n) is 16.1. The molecule has 45 heavy (non-hydrogen) atoms. The lowest BCUT2D eigenvalue weighted by Crippen LogP contribution is -2.52.